The molecule has 3 unspecified atom stereocenters. The van der Waals surface area contributed by atoms with Gasteiger partial charge in [0.05, 0.1) is 39.9 Å². The van der Waals surface area contributed by atoms with Gasteiger partial charge in [-0.25, -0.2) is 0 Å². The molecule has 0 aromatic carbocycles. The van der Waals surface area contributed by atoms with Crippen molar-refractivity contribution in [2.75, 3.05) is 40.9 Å². The maximum atomic E-state index is 13.0. The molecule has 0 bridgehead atoms. The van der Waals surface area contributed by atoms with Crippen molar-refractivity contribution >= 4 is 13.7 Å². The molecule has 1 amide bonds. The molecule has 0 rings (SSSR count). The minimum absolute atomic E-state index is 0.0132. The summed E-state index contributed by atoms with van der Waals surface area (Å²) in [5, 5.41) is 14.0. The van der Waals surface area contributed by atoms with Crippen molar-refractivity contribution in [3.05, 3.63) is 24.3 Å². The van der Waals surface area contributed by atoms with Crippen molar-refractivity contribution in [3.8, 4) is 0 Å². The fourth-order valence-corrected chi connectivity index (χ4v) is 9.38. The molecule has 8 nitrogen and oxygen atoms in total. The van der Waals surface area contributed by atoms with E-state index in [-0.39, 0.29) is 19.1 Å². The maximum absolute atomic E-state index is 13.0. The van der Waals surface area contributed by atoms with E-state index in [0.717, 1.165) is 44.9 Å². The Morgan fingerprint density at radius 2 is 0.879 bits per heavy atom. The molecule has 0 fully saturated rings. The second-order valence-electron chi connectivity index (χ2n) is 21.0. The van der Waals surface area contributed by atoms with E-state index in [4.69, 9.17) is 9.05 Å². The van der Waals surface area contributed by atoms with Gasteiger partial charge in [0.1, 0.15) is 13.2 Å². The molecule has 9 heteroatoms. The van der Waals surface area contributed by atoms with Gasteiger partial charge >= 0.3 is 0 Å². The summed E-state index contributed by atoms with van der Waals surface area (Å²) >= 11 is 0. The second-order valence-corrected chi connectivity index (χ2v) is 22.4. The van der Waals surface area contributed by atoms with Crippen molar-refractivity contribution in [3.63, 3.8) is 0 Å². The highest BCUT2D eigenvalue weighted by Gasteiger charge is 2.24. The minimum Gasteiger partial charge on any atom is -0.756 e. The lowest BCUT2D eigenvalue weighted by molar-refractivity contribution is -0.870. The summed E-state index contributed by atoms with van der Waals surface area (Å²) in [6.07, 6.45) is 60.6. The molecule has 0 saturated heterocycles. The van der Waals surface area contributed by atoms with Crippen molar-refractivity contribution in [2.24, 2.45) is 0 Å². The van der Waals surface area contributed by atoms with Gasteiger partial charge in [-0.1, -0.05) is 256 Å². The largest absolute Gasteiger partial charge is 0.756 e. The summed E-state index contributed by atoms with van der Waals surface area (Å²) in [6.45, 7) is 4.75. The third kappa shape index (κ3) is 50.8. The molecule has 392 valence electrons. The van der Waals surface area contributed by atoms with Gasteiger partial charge < -0.3 is 28.8 Å². The van der Waals surface area contributed by atoms with E-state index in [1.807, 2.05) is 21.1 Å². The van der Waals surface area contributed by atoms with Gasteiger partial charge in [0.15, 0.2) is 0 Å². The third-order valence-corrected chi connectivity index (χ3v) is 14.2. The molecule has 0 aliphatic carbocycles. The van der Waals surface area contributed by atoms with E-state index in [2.05, 4.69) is 43.5 Å². The Hall–Kier alpha value is -1.02. The van der Waals surface area contributed by atoms with Gasteiger partial charge in [0, 0.05) is 6.42 Å². The number of rotatable bonds is 53. The molecule has 0 saturated carbocycles. The highest BCUT2D eigenvalue weighted by atomic mass is 31.2. The lowest BCUT2D eigenvalue weighted by Gasteiger charge is -2.30. The number of nitrogens with one attached hydrogen (secondary N) is 1. The number of nitrogens with zero attached hydrogens (tertiary/aromatic N) is 1. The van der Waals surface area contributed by atoms with Crippen LogP contribution in [0, 0.1) is 0 Å². The molecular weight excluding hydrogens is 840 g/mol. The predicted molar refractivity (Wildman–Crippen MR) is 284 cm³/mol. The predicted octanol–water partition coefficient (Wildman–Crippen LogP) is 16.6. The number of carbonyl (C=O) groups is 1. The van der Waals surface area contributed by atoms with Crippen LogP contribution in [0.2, 0.25) is 0 Å². The Bertz CT molecular complexity index is 1130. The van der Waals surface area contributed by atoms with Crippen LogP contribution >= 0.6 is 7.82 Å². The zero-order valence-corrected chi connectivity index (χ0v) is 45.6. The summed E-state index contributed by atoms with van der Waals surface area (Å²) in [4.78, 5) is 25.5. The van der Waals surface area contributed by atoms with E-state index < -0.39 is 20.0 Å². The molecule has 66 heavy (non-hydrogen) atoms. The minimum atomic E-state index is -4.57. The Morgan fingerprint density at radius 1 is 0.530 bits per heavy atom. The van der Waals surface area contributed by atoms with Crippen molar-refractivity contribution in [1.29, 1.82) is 0 Å². The Labute approximate surface area is 411 Å². The first kappa shape index (κ1) is 65.0. The summed E-state index contributed by atoms with van der Waals surface area (Å²) in [6, 6.07) is -0.801. The molecule has 0 aromatic heterocycles. The molecule has 3 atom stereocenters. The van der Waals surface area contributed by atoms with Crippen LogP contribution in [0.15, 0.2) is 24.3 Å². The van der Waals surface area contributed by atoms with Gasteiger partial charge in [0.25, 0.3) is 7.82 Å². The van der Waals surface area contributed by atoms with E-state index in [1.54, 1.807) is 0 Å². The number of quaternary nitrogens is 1. The molecule has 2 N–H and O–H groups in total. The van der Waals surface area contributed by atoms with Crippen LogP contribution in [0.25, 0.3) is 0 Å². The Kier molecular flexibility index (Phi) is 48.2. The number of hydrogen-bond donors (Lipinski definition) is 2. The SMILES string of the molecule is CCCCCCC/C=C\C/C=C\CCCCCCCCCCCCCC(=O)NC(COP(=O)([O-])OCC[N+](C)(C)C)C(O)CCCCCCCCCCCCCCCCCCCCCCC. The first-order valence-electron chi connectivity index (χ1n) is 28.7. The molecule has 0 aliphatic heterocycles. The van der Waals surface area contributed by atoms with E-state index in [9.17, 15) is 19.4 Å². The smallest absolute Gasteiger partial charge is 0.268 e. The van der Waals surface area contributed by atoms with Crippen LogP contribution in [0.5, 0.6) is 0 Å². The molecule has 0 aliphatic rings. The summed E-state index contributed by atoms with van der Waals surface area (Å²) in [5.41, 5.74) is 0. The van der Waals surface area contributed by atoms with Gasteiger partial charge in [-0.15, -0.1) is 0 Å². The quantitative estimate of drug-likeness (QED) is 0.0272. The number of aliphatic hydroxyl groups is 1. The average molecular weight is 954 g/mol. The van der Waals surface area contributed by atoms with Crippen LogP contribution in [-0.2, 0) is 18.4 Å². The number of likely N-dealkylation sites (N-methyl/N-ethyl adjacent to an activating group) is 1. The molecule has 0 aromatic rings. The Balaban J connectivity index is 4.17. The first-order valence-corrected chi connectivity index (χ1v) is 30.1. The van der Waals surface area contributed by atoms with Crippen LogP contribution in [0.3, 0.4) is 0 Å². The molecule has 0 heterocycles. The van der Waals surface area contributed by atoms with Crippen LogP contribution < -0.4 is 10.2 Å². The molecule has 0 spiro atoms. The van der Waals surface area contributed by atoms with Crippen LogP contribution in [0.1, 0.15) is 284 Å². The fourth-order valence-electron chi connectivity index (χ4n) is 8.66. The normalized spacial score (nSPS) is 14.1. The van der Waals surface area contributed by atoms with Crippen molar-refractivity contribution in [1.82, 2.24) is 5.32 Å². The van der Waals surface area contributed by atoms with Crippen molar-refractivity contribution in [2.45, 2.75) is 296 Å². The highest BCUT2D eigenvalue weighted by molar-refractivity contribution is 7.45. The number of phosphoric acid groups is 1. The molecular formula is C57H113N2O6P. The zero-order chi connectivity index (χ0) is 48.5. The van der Waals surface area contributed by atoms with Gasteiger partial charge in [-0.2, -0.15) is 0 Å². The number of unbranched alkanes of at least 4 members (excludes halogenated alkanes) is 36. The topological polar surface area (TPSA) is 108 Å². The lowest BCUT2D eigenvalue weighted by Crippen LogP contribution is -2.46. The number of aliphatic hydroxyl groups excluding tert-OH is 1. The maximum Gasteiger partial charge on any atom is 0.268 e. The molecule has 0 radical (unpaired) electrons. The van der Waals surface area contributed by atoms with E-state index >= 15 is 0 Å². The lowest BCUT2D eigenvalue weighted by atomic mass is 10.0. The monoisotopic (exact) mass is 953 g/mol. The summed E-state index contributed by atoms with van der Waals surface area (Å²) < 4.78 is 23.4. The summed E-state index contributed by atoms with van der Waals surface area (Å²) in [5.74, 6) is -0.163. The number of amides is 1. The first-order chi connectivity index (χ1) is 32.0. The van der Waals surface area contributed by atoms with E-state index in [0.29, 0.717) is 23.9 Å². The average Bonchev–Trinajstić information content (AvgIpc) is 3.28. The van der Waals surface area contributed by atoms with Crippen LogP contribution in [0.4, 0.5) is 0 Å². The number of phosphoric ester groups is 1. The summed E-state index contributed by atoms with van der Waals surface area (Å²) in [7, 11) is 1.31. The van der Waals surface area contributed by atoms with Gasteiger partial charge in [-0.3, -0.25) is 9.36 Å². The van der Waals surface area contributed by atoms with Gasteiger partial charge in [-0.05, 0) is 44.9 Å². The van der Waals surface area contributed by atoms with Crippen LogP contribution in [-0.4, -0.2) is 68.5 Å². The van der Waals surface area contributed by atoms with Crippen molar-refractivity contribution < 1.29 is 32.9 Å². The standard InChI is InChI=1S/C57H113N2O6P/c1-6-8-10-12-14-16-18-20-22-24-26-28-29-31-33-35-37-39-41-43-45-47-49-51-57(61)58-55(54-65-66(62,63)64-53-52-59(3,4)5)56(60)50-48-46-44-42-40-38-36-34-32-30-27-25-23-21-19-17-15-13-11-9-7-2/h18,20,24,26,55-56,60H,6-17,19,21-23,25,27-54H2,1-5H3,(H-,58,61,62,63)/b20-18-,26-24-. The second kappa shape index (κ2) is 49.0. The van der Waals surface area contributed by atoms with Gasteiger partial charge in [0.2, 0.25) is 5.91 Å². The third-order valence-electron chi connectivity index (χ3n) is 13.2. The Morgan fingerprint density at radius 3 is 1.26 bits per heavy atom. The van der Waals surface area contributed by atoms with E-state index in [1.165, 1.54) is 212 Å². The fraction of sp³-hybridized carbons (Fsp3) is 0.912. The number of allylic oxidation sites excluding steroid dienone is 4. The highest BCUT2D eigenvalue weighted by Crippen LogP contribution is 2.38. The number of carbonyl (C=O) groups excluding carboxylic acids is 1. The zero-order valence-electron chi connectivity index (χ0n) is 44.7. The number of hydrogen-bond acceptors (Lipinski definition) is 6.